The van der Waals surface area contributed by atoms with E-state index in [4.69, 9.17) is 18.9 Å². The smallest absolute Gasteiger partial charge is 0.105 e. The quantitative estimate of drug-likeness (QED) is 0.385. The van der Waals surface area contributed by atoms with Gasteiger partial charge in [-0.3, -0.25) is 0 Å². The van der Waals surface area contributed by atoms with Crippen molar-refractivity contribution in [3.05, 3.63) is 38.0 Å². The summed E-state index contributed by atoms with van der Waals surface area (Å²) in [6, 6.07) is 0. The third-order valence-corrected chi connectivity index (χ3v) is 1.94. The van der Waals surface area contributed by atoms with Crippen molar-refractivity contribution in [3.8, 4) is 0 Å². The second kappa shape index (κ2) is 20.4. The highest BCUT2D eigenvalue weighted by Gasteiger charge is 2.08. The maximum absolute atomic E-state index is 5.45. The summed E-state index contributed by atoms with van der Waals surface area (Å²) in [4.78, 5) is 0. The van der Waals surface area contributed by atoms with Crippen LogP contribution in [0.3, 0.4) is 0 Å². The average molecular weight is 286 g/mol. The van der Waals surface area contributed by atoms with E-state index in [1.54, 1.807) is 18.2 Å². The monoisotopic (exact) mass is 286 g/mol. The molecule has 0 aliphatic rings. The van der Waals surface area contributed by atoms with Crippen LogP contribution in [0.5, 0.6) is 0 Å². The van der Waals surface area contributed by atoms with Crippen LogP contribution in [0.1, 0.15) is 13.8 Å². The van der Waals surface area contributed by atoms with Crippen LogP contribution in [-0.4, -0.2) is 52.4 Å². The van der Waals surface area contributed by atoms with Gasteiger partial charge >= 0.3 is 0 Å². The van der Waals surface area contributed by atoms with Crippen molar-refractivity contribution in [2.45, 2.75) is 20.0 Å². The Morgan fingerprint density at radius 1 is 0.750 bits per heavy atom. The zero-order valence-corrected chi connectivity index (χ0v) is 13.0. The van der Waals surface area contributed by atoms with Gasteiger partial charge in [0.2, 0.25) is 0 Å². The topological polar surface area (TPSA) is 36.9 Å². The molecule has 0 N–H and O–H groups in total. The lowest BCUT2D eigenvalue weighted by atomic mass is 10.4. The first-order valence-corrected chi connectivity index (χ1v) is 6.94. The van der Waals surface area contributed by atoms with Gasteiger partial charge in [0.05, 0.1) is 33.0 Å². The van der Waals surface area contributed by atoms with Crippen molar-refractivity contribution in [2.24, 2.45) is 0 Å². The molecular formula is C16H30O4. The van der Waals surface area contributed by atoms with Crippen molar-refractivity contribution in [1.29, 1.82) is 0 Å². The first-order valence-electron chi connectivity index (χ1n) is 6.94. The van der Waals surface area contributed by atoms with Gasteiger partial charge in [0.15, 0.2) is 0 Å². The molecule has 0 aliphatic heterocycles. The third kappa shape index (κ3) is 19.4. The van der Waals surface area contributed by atoms with Gasteiger partial charge in [0.25, 0.3) is 0 Å². The Bertz CT molecular complexity index is 201. The van der Waals surface area contributed by atoms with E-state index in [1.165, 1.54) is 0 Å². The minimum Gasteiger partial charge on any atom is -0.382 e. The summed E-state index contributed by atoms with van der Waals surface area (Å²) in [6.07, 6.45) is 5.04. The average Bonchev–Trinajstić information content (AvgIpc) is 2.46. The number of hydrogen-bond donors (Lipinski definition) is 0. The molecule has 0 aromatic heterocycles. The first kappa shape index (κ1) is 21.4. The molecule has 4 heteroatoms. The molecule has 0 aromatic rings. The second-order valence-electron chi connectivity index (χ2n) is 3.68. The van der Waals surface area contributed by atoms with Crippen LogP contribution in [-0.2, 0) is 18.9 Å². The van der Waals surface area contributed by atoms with Crippen LogP contribution >= 0.6 is 0 Å². The highest BCUT2D eigenvalue weighted by atomic mass is 16.6. The molecule has 0 aromatic carbocycles. The summed E-state index contributed by atoms with van der Waals surface area (Å²) in [6.45, 7) is 18.9. The van der Waals surface area contributed by atoms with E-state index in [-0.39, 0.29) is 6.10 Å². The molecule has 20 heavy (non-hydrogen) atoms. The predicted octanol–water partition coefficient (Wildman–Crippen LogP) is 3.01. The van der Waals surface area contributed by atoms with Gasteiger partial charge in [-0.25, -0.2) is 0 Å². The fraction of sp³-hybridized carbons (Fsp3) is 0.625. The lowest BCUT2D eigenvalue weighted by Gasteiger charge is -2.16. The molecule has 0 saturated heterocycles. The van der Waals surface area contributed by atoms with Crippen LogP contribution in [0.4, 0.5) is 0 Å². The molecule has 0 amide bonds. The molecule has 4 nitrogen and oxygen atoms in total. The third-order valence-electron chi connectivity index (χ3n) is 1.94. The predicted molar refractivity (Wildman–Crippen MR) is 84.1 cm³/mol. The molecule has 0 spiro atoms. The standard InChI is InChI=1S/C12H20O3.C4H10O/c1-4-7-13-10-12(15-9-6-3)11-14-8-5-2;1-3-5-4-2/h4-6,12H,1-3,7-11H2;3-4H2,1-2H3. The molecule has 118 valence electrons. The van der Waals surface area contributed by atoms with Crippen molar-refractivity contribution in [2.75, 3.05) is 46.2 Å². The molecular weight excluding hydrogens is 256 g/mol. The van der Waals surface area contributed by atoms with Crippen LogP contribution < -0.4 is 0 Å². The van der Waals surface area contributed by atoms with E-state index in [0.29, 0.717) is 33.0 Å². The van der Waals surface area contributed by atoms with Crippen LogP contribution in [0.25, 0.3) is 0 Å². The Labute approximate surface area is 124 Å². The molecule has 0 bridgehead atoms. The number of rotatable bonds is 13. The highest BCUT2D eigenvalue weighted by Crippen LogP contribution is 1.96. The molecule has 0 atom stereocenters. The Kier molecular flexibility index (Phi) is 21.8. The summed E-state index contributed by atoms with van der Waals surface area (Å²) in [5.41, 5.74) is 0. The van der Waals surface area contributed by atoms with Crippen LogP contribution in [0.15, 0.2) is 38.0 Å². The van der Waals surface area contributed by atoms with E-state index in [2.05, 4.69) is 19.7 Å². The SMILES string of the molecule is C=CCOCC(COCC=C)OCC=C.CCOCC. The number of hydrogen-bond acceptors (Lipinski definition) is 4. The van der Waals surface area contributed by atoms with Crippen molar-refractivity contribution >= 4 is 0 Å². The molecule has 0 fully saturated rings. The van der Waals surface area contributed by atoms with Crippen molar-refractivity contribution in [3.63, 3.8) is 0 Å². The molecule has 0 unspecified atom stereocenters. The molecule has 0 radical (unpaired) electrons. The lowest BCUT2D eigenvalue weighted by molar-refractivity contribution is -0.0428. The van der Waals surface area contributed by atoms with E-state index < -0.39 is 0 Å². The van der Waals surface area contributed by atoms with Gasteiger partial charge in [0, 0.05) is 13.2 Å². The highest BCUT2D eigenvalue weighted by molar-refractivity contribution is 4.69. The van der Waals surface area contributed by atoms with Crippen molar-refractivity contribution in [1.82, 2.24) is 0 Å². The summed E-state index contributed by atoms with van der Waals surface area (Å²) >= 11 is 0. The van der Waals surface area contributed by atoms with Gasteiger partial charge in [0.1, 0.15) is 6.10 Å². The zero-order chi connectivity index (χ0) is 15.5. The lowest BCUT2D eigenvalue weighted by Crippen LogP contribution is -2.26. The van der Waals surface area contributed by atoms with E-state index >= 15 is 0 Å². The molecule has 0 rings (SSSR count). The Morgan fingerprint density at radius 3 is 1.50 bits per heavy atom. The summed E-state index contributed by atoms with van der Waals surface area (Å²) in [5.74, 6) is 0. The minimum atomic E-state index is -0.0668. The largest absolute Gasteiger partial charge is 0.382 e. The van der Waals surface area contributed by atoms with Crippen LogP contribution in [0, 0.1) is 0 Å². The zero-order valence-electron chi connectivity index (χ0n) is 13.0. The maximum Gasteiger partial charge on any atom is 0.105 e. The van der Waals surface area contributed by atoms with E-state index in [1.807, 2.05) is 13.8 Å². The van der Waals surface area contributed by atoms with Crippen molar-refractivity contribution < 1.29 is 18.9 Å². The van der Waals surface area contributed by atoms with Gasteiger partial charge in [-0.05, 0) is 13.8 Å². The van der Waals surface area contributed by atoms with Gasteiger partial charge < -0.3 is 18.9 Å². The molecule has 0 aliphatic carbocycles. The first-order chi connectivity index (χ1) is 9.76. The van der Waals surface area contributed by atoms with Gasteiger partial charge in [-0.1, -0.05) is 18.2 Å². The minimum absolute atomic E-state index is 0.0668. The Morgan fingerprint density at radius 2 is 1.20 bits per heavy atom. The van der Waals surface area contributed by atoms with Crippen LogP contribution in [0.2, 0.25) is 0 Å². The maximum atomic E-state index is 5.45. The second-order valence-corrected chi connectivity index (χ2v) is 3.68. The fourth-order valence-electron chi connectivity index (χ4n) is 1.12. The molecule has 0 heterocycles. The Hall–Kier alpha value is -0.940. The fourth-order valence-corrected chi connectivity index (χ4v) is 1.12. The summed E-state index contributed by atoms with van der Waals surface area (Å²) in [5, 5.41) is 0. The van der Waals surface area contributed by atoms with Gasteiger partial charge in [-0.2, -0.15) is 0 Å². The van der Waals surface area contributed by atoms with E-state index in [0.717, 1.165) is 13.2 Å². The summed E-state index contributed by atoms with van der Waals surface area (Å²) in [7, 11) is 0. The van der Waals surface area contributed by atoms with Gasteiger partial charge in [-0.15, -0.1) is 19.7 Å². The Balaban J connectivity index is 0. The summed E-state index contributed by atoms with van der Waals surface area (Å²) < 4.78 is 20.9. The molecule has 0 saturated carbocycles. The normalized spacial score (nSPS) is 9.75. The number of ether oxygens (including phenoxy) is 4. The van der Waals surface area contributed by atoms with E-state index in [9.17, 15) is 0 Å².